The van der Waals surface area contributed by atoms with Crippen LogP contribution in [0.5, 0.6) is 0 Å². The summed E-state index contributed by atoms with van der Waals surface area (Å²) in [7, 11) is 4.07. The van der Waals surface area contributed by atoms with Gasteiger partial charge in [-0.1, -0.05) is 43.2 Å². The quantitative estimate of drug-likeness (QED) is 0.238. The smallest absolute Gasteiger partial charge is 0.0945 e. The summed E-state index contributed by atoms with van der Waals surface area (Å²) in [5.41, 5.74) is 3.44. The maximum Gasteiger partial charge on any atom is 0.0945 e. The Hall–Kier alpha value is -3.28. The fourth-order valence-electron chi connectivity index (χ4n) is 3.46. The molecule has 0 spiro atoms. The molecule has 0 unspecified atom stereocenters. The number of rotatable bonds is 13. The van der Waals surface area contributed by atoms with Gasteiger partial charge >= 0.3 is 0 Å². The topological polar surface area (TPSA) is 48.7 Å². The summed E-state index contributed by atoms with van der Waals surface area (Å²) in [5.74, 6) is 0. The Labute approximate surface area is 186 Å². The van der Waals surface area contributed by atoms with E-state index in [9.17, 15) is 0 Å². The maximum absolute atomic E-state index is 4.55. The van der Waals surface area contributed by atoms with Crippen LogP contribution < -0.4 is 15.2 Å². The minimum atomic E-state index is 0.740. The zero-order chi connectivity index (χ0) is 21.7. The van der Waals surface area contributed by atoms with Gasteiger partial charge in [0.25, 0.3) is 0 Å². The van der Waals surface area contributed by atoms with Crippen LogP contribution in [0, 0.1) is 0 Å². The second kappa shape index (κ2) is 12.4. The molecule has 0 saturated carbocycles. The predicted octanol–water partition coefficient (Wildman–Crippen LogP) is 5.11. The number of imidazole rings is 1. The first-order valence-electron chi connectivity index (χ1n) is 11.0. The average molecular weight is 419 g/mol. The first-order valence-corrected chi connectivity index (χ1v) is 11.0. The lowest BCUT2D eigenvalue weighted by atomic mass is 10.2. The van der Waals surface area contributed by atoms with E-state index in [4.69, 9.17) is 0 Å². The number of aromatic nitrogens is 2. The van der Waals surface area contributed by atoms with Crippen LogP contribution in [0.25, 0.3) is 0 Å². The van der Waals surface area contributed by atoms with Crippen LogP contribution in [0.1, 0.15) is 25.7 Å². The van der Waals surface area contributed by atoms with E-state index in [2.05, 4.69) is 68.3 Å². The van der Waals surface area contributed by atoms with Gasteiger partial charge in [-0.2, -0.15) is 5.10 Å². The Bertz CT molecular complexity index is 891. The number of hydrogen-bond acceptors (Lipinski definition) is 5. The standard InChI is InChI=1S/C25H34N6/c1-29(20-18-28-30(2)23-12-6-5-7-13-23)25-15-9-8-14-24(25)27-16-10-3-4-11-19-31-21-17-26-22-31/h5-9,12-15,17-18,21-22,27H,3-4,10-11,16,19-20H2,1-2H3/b28-18+. The highest BCUT2D eigenvalue weighted by molar-refractivity contribution is 5.74. The monoisotopic (exact) mass is 418 g/mol. The van der Waals surface area contributed by atoms with E-state index in [0.29, 0.717) is 0 Å². The molecule has 0 bridgehead atoms. The van der Waals surface area contributed by atoms with Gasteiger partial charge in [-0.15, -0.1) is 0 Å². The van der Waals surface area contributed by atoms with Gasteiger partial charge in [-0.05, 0) is 37.1 Å². The van der Waals surface area contributed by atoms with Crippen molar-refractivity contribution in [3.05, 3.63) is 73.3 Å². The number of benzene rings is 2. The molecule has 0 fully saturated rings. The van der Waals surface area contributed by atoms with Crippen molar-refractivity contribution in [2.75, 3.05) is 42.4 Å². The van der Waals surface area contributed by atoms with E-state index in [1.54, 1.807) is 0 Å². The Morgan fingerprint density at radius 3 is 2.55 bits per heavy atom. The number of anilines is 3. The Balaban J connectivity index is 1.39. The van der Waals surface area contributed by atoms with Gasteiger partial charge in [0.05, 0.1) is 29.9 Å². The Kier molecular flexibility index (Phi) is 8.98. The van der Waals surface area contributed by atoms with Crippen molar-refractivity contribution in [1.29, 1.82) is 0 Å². The molecule has 164 valence electrons. The average Bonchev–Trinajstić information content (AvgIpc) is 3.32. The largest absolute Gasteiger partial charge is 0.383 e. The molecular weight excluding hydrogens is 384 g/mol. The molecule has 0 aliphatic heterocycles. The molecule has 1 N–H and O–H groups in total. The number of para-hydroxylation sites is 3. The summed E-state index contributed by atoms with van der Waals surface area (Å²) in [6, 6.07) is 18.6. The SMILES string of the molecule is CN(C/C=N/N(C)c1ccccc1)c1ccccc1NCCCCCCn1ccnc1. The minimum Gasteiger partial charge on any atom is -0.383 e. The molecule has 0 aliphatic carbocycles. The third-order valence-electron chi connectivity index (χ3n) is 5.27. The van der Waals surface area contributed by atoms with Crippen LogP contribution in [0.3, 0.4) is 0 Å². The Morgan fingerprint density at radius 2 is 1.74 bits per heavy atom. The van der Waals surface area contributed by atoms with Crippen LogP contribution in [-0.2, 0) is 6.54 Å². The van der Waals surface area contributed by atoms with Gasteiger partial charge in [0.2, 0.25) is 0 Å². The molecule has 2 aromatic carbocycles. The number of hydrogen-bond donors (Lipinski definition) is 1. The van der Waals surface area contributed by atoms with Gasteiger partial charge in [0.15, 0.2) is 0 Å². The predicted molar refractivity (Wildman–Crippen MR) is 132 cm³/mol. The van der Waals surface area contributed by atoms with Gasteiger partial charge in [-0.25, -0.2) is 4.98 Å². The molecule has 0 saturated heterocycles. The van der Waals surface area contributed by atoms with Crippen molar-refractivity contribution in [2.24, 2.45) is 5.10 Å². The van der Waals surface area contributed by atoms with Crippen LogP contribution in [0.2, 0.25) is 0 Å². The summed E-state index contributed by atoms with van der Waals surface area (Å²) < 4.78 is 2.14. The van der Waals surface area contributed by atoms with E-state index in [0.717, 1.165) is 25.3 Å². The lowest BCUT2D eigenvalue weighted by molar-refractivity contribution is 0.577. The van der Waals surface area contributed by atoms with Crippen molar-refractivity contribution in [1.82, 2.24) is 9.55 Å². The van der Waals surface area contributed by atoms with Crippen LogP contribution in [0.15, 0.2) is 78.4 Å². The molecule has 6 heteroatoms. The van der Waals surface area contributed by atoms with E-state index >= 15 is 0 Å². The molecule has 1 aromatic heterocycles. The summed E-state index contributed by atoms with van der Waals surface area (Å²) >= 11 is 0. The molecule has 6 nitrogen and oxygen atoms in total. The number of hydrazone groups is 1. The fraction of sp³-hybridized carbons (Fsp3) is 0.360. The van der Waals surface area contributed by atoms with Gasteiger partial charge in [0.1, 0.15) is 0 Å². The van der Waals surface area contributed by atoms with Crippen molar-refractivity contribution < 1.29 is 0 Å². The first-order chi connectivity index (χ1) is 15.2. The second-order valence-electron chi connectivity index (χ2n) is 7.70. The van der Waals surface area contributed by atoms with Gasteiger partial charge < -0.3 is 14.8 Å². The normalized spacial score (nSPS) is 11.0. The van der Waals surface area contributed by atoms with E-state index in [-0.39, 0.29) is 0 Å². The van der Waals surface area contributed by atoms with E-state index < -0.39 is 0 Å². The van der Waals surface area contributed by atoms with Crippen molar-refractivity contribution in [3.8, 4) is 0 Å². The summed E-state index contributed by atoms with van der Waals surface area (Å²) in [5, 5.41) is 10.1. The summed E-state index contributed by atoms with van der Waals surface area (Å²) in [6.45, 7) is 2.78. The third-order valence-corrected chi connectivity index (χ3v) is 5.27. The highest BCUT2D eigenvalue weighted by Gasteiger charge is 2.06. The number of aryl methyl sites for hydroxylation is 1. The molecular formula is C25H34N6. The molecule has 31 heavy (non-hydrogen) atoms. The minimum absolute atomic E-state index is 0.740. The fourth-order valence-corrected chi connectivity index (χ4v) is 3.46. The lowest BCUT2D eigenvalue weighted by Crippen LogP contribution is -2.22. The van der Waals surface area contributed by atoms with Crippen LogP contribution >= 0.6 is 0 Å². The lowest BCUT2D eigenvalue weighted by Gasteiger charge is -2.22. The highest BCUT2D eigenvalue weighted by atomic mass is 15.4. The third kappa shape index (κ3) is 7.48. The van der Waals surface area contributed by atoms with Crippen LogP contribution in [-0.4, -0.2) is 43.0 Å². The summed E-state index contributed by atoms with van der Waals surface area (Å²) in [6.07, 6.45) is 12.6. The molecule has 3 aromatic rings. The number of unbranched alkanes of at least 4 members (excludes halogenated alkanes) is 3. The van der Waals surface area contributed by atoms with Crippen molar-refractivity contribution in [2.45, 2.75) is 32.2 Å². The van der Waals surface area contributed by atoms with Crippen molar-refractivity contribution in [3.63, 3.8) is 0 Å². The molecule has 0 amide bonds. The summed E-state index contributed by atoms with van der Waals surface area (Å²) in [4.78, 5) is 6.30. The molecule has 0 radical (unpaired) electrons. The molecule has 0 atom stereocenters. The highest BCUT2D eigenvalue weighted by Crippen LogP contribution is 2.24. The second-order valence-corrected chi connectivity index (χ2v) is 7.70. The van der Waals surface area contributed by atoms with Crippen LogP contribution in [0.4, 0.5) is 17.1 Å². The van der Waals surface area contributed by atoms with Crippen molar-refractivity contribution >= 4 is 23.3 Å². The number of nitrogens with one attached hydrogen (secondary N) is 1. The molecule has 3 rings (SSSR count). The van der Waals surface area contributed by atoms with Gasteiger partial charge in [-0.3, -0.25) is 5.01 Å². The number of nitrogens with zero attached hydrogens (tertiary/aromatic N) is 5. The zero-order valence-corrected chi connectivity index (χ0v) is 18.7. The maximum atomic E-state index is 4.55. The van der Waals surface area contributed by atoms with Gasteiger partial charge in [0, 0.05) is 45.8 Å². The zero-order valence-electron chi connectivity index (χ0n) is 18.7. The first kappa shape index (κ1) is 22.4. The molecule has 0 aliphatic rings. The van der Waals surface area contributed by atoms with E-state index in [1.165, 1.54) is 37.1 Å². The Morgan fingerprint density at radius 1 is 0.968 bits per heavy atom. The van der Waals surface area contributed by atoms with E-state index in [1.807, 2.05) is 55.2 Å². The molecule has 1 heterocycles.